The highest BCUT2D eigenvalue weighted by Crippen LogP contribution is 2.33. The van der Waals surface area contributed by atoms with E-state index in [0.717, 1.165) is 34.4 Å². The number of aliphatic imine (C=N–C) groups is 1. The van der Waals surface area contributed by atoms with Crippen molar-refractivity contribution in [2.24, 2.45) is 9.39 Å². The summed E-state index contributed by atoms with van der Waals surface area (Å²) < 4.78 is 16.1. The Morgan fingerprint density at radius 2 is 1.76 bits per heavy atom. The zero-order chi connectivity index (χ0) is 26.5. The van der Waals surface area contributed by atoms with Gasteiger partial charge in [0.2, 0.25) is 5.17 Å². The van der Waals surface area contributed by atoms with Crippen LogP contribution < -0.4 is 9.47 Å². The van der Waals surface area contributed by atoms with Gasteiger partial charge in [-0.2, -0.15) is 9.39 Å². The van der Waals surface area contributed by atoms with Crippen molar-refractivity contribution >= 4 is 51.9 Å². The predicted octanol–water partition coefficient (Wildman–Crippen LogP) is 6.27. The molecule has 3 aromatic rings. The zero-order valence-electron chi connectivity index (χ0n) is 21.0. The smallest absolute Gasteiger partial charge is 0.283 e. The summed E-state index contributed by atoms with van der Waals surface area (Å²) in [5.74, 6) is 1.90. The van der Waals surface area contributed by atoms with Crippen molar-refractivity contribution in [3.05, 3.63) is 101 Å². The second-order valence-corrected chi connectivity index (χ2v) is 10.4. The molecule has 1 N–H and O–H groups in total. The molecule has 0 bridgehead atoms. The Kier molecular flexibility index (Phi) is 7.95. The molecule has 3 aromatic carbocycles. The van der Waals surface area contributed by atoms with E-state index in [9.17, 15) is 4.79 Å². The van der Waals surface area contributed by atoms with Crippen molar-refractivity contribution in [3.63, 3.8) is 0 Å². The number of carbonyl (C=O) groups is 1. The topological polar surface area (TPSA) is 87.3 Å². The quantitative estimate of drug-likeness (QED) is 0.205. The normalized spacial score (nSPS) is 15.8. The molecule has 7 nitrogen and oxygen atoms in total. The maximum atomic E-state index is 12.7. The Morgan fingerprint density at radius 3 is 2.53 bits per heavy atom. The lowest BCUT2D eigenvalue weighted by Gasteiger charge is -2.24. The van der Waals surface area contributed by atoms with Crippen LogP contribution >= 0.6 is 23.7 Å². The van der Waals surface area contributed by atoms with E-state index in [1.54, 1.807) is 11.0 Å². The summed E-state index contributed by atoms with van der Waals surface area (Å²) in [6, 6.07) is 23.5. The van der Waals surface area contributed by atoms with Crippen LogP contribution in [-0.4, -0.2) is 40.2 Å². The molecule has 0 fully saturated rings. The molecule has 38 heavy (non-hydrogen) atoms. The molecule has 0 saturated carbocycles. The van der Waals surface area contributed by atoms with E-state index in [2.05, 4.69) is 22.4 Å². The Hall–Kier alpha value is -3.82. The highest BCUT2D eigenvalue weighted by atomic mass is 32.2. The molecule has 2 aliphatic rings. The molecule has 1 amide bonds. The van der Waals surface area contributed by atoms with Crippen LogP contribution in [-0.2, 0) is 10.5 Å². The van der Waals surface area contributed by atoms with Crippen LogP contribution in [0.1, 0.15) is 22.3 Å². The summed E-state index contributed by atoms with van der Waals surface area (Å²) in [5.41, 5.74) is 4.46. The first kappa shape index (κ1) is 25.8. The van der Waals surface area contributed by atoms with E-state index in [1.807, 2.05) is 73.7 Å². The monoisotopic (exact) mass is 542 g/mol. The van der Waals surface area contributed by atoms with E-state index >= 15 is 0 Å². The van der Waals surface area contributed by atoms with Gasteiger partial charge in [-0.15, -0.1) is 0 Å². The SMILES string of the molecule is Cc1ccc(OCCOc2ccc(/C=C3/C(=N)N4C(SCc5ccccc5)=NSC4=NC3=O)cc2)c(C)c1. The van der Waals surface area contributed by atoms with Crippen LogP contribution in [0.2, 0.25) is 0 Å². The number of hydrogen-bond donors (Lipinski definition) is 1. The minimum Gasteiger partial charge on any atom is -0.490 e. The molecule has 0 radical (unpaired) electrons. The number of ether oxygens (including phenoxy) is 2. The number of hydrogen-bond acceptors (Lipinski definition) is 7. The molecule has 5 rings (SSSR count). The van der Waals surface area contributed by atoms with Gasteiger partial charge < -0.3 is 9.47 Å². The van der Waals surface area contributed by atoms with Crippen LogP contribution in [0.3, 0.4) is 0 Å². The third-order valence-corrected chi connectivity index (χ3v) is 7.66. The molecular formula is C29H26N4O3S2. The van der Waals surface area contributed by atoms with E-state index < -0.39 is 5.91 Å². The predicted molar refractivity (Wildman–Crippen MR) is 156 cm³/mol. The minimum atomic E-state index is -0.442. The summed E-state index contributed by atoms with van der Waals surface area (Å²) in [6.45, 7) is 4.92. The summed E-state index contributed by atoms with van der Waals surface area (Å²) in [5, 5.41) is 9.79. The Morgan fingerprint density at radius 1 is 1.00 bits per heavy atom. The number of thioether (sulfide) groups is 1. The molecule has 0 atom stereocenters. The second kappa shape index (κ2) is 11.7. The fourth-order valence-corrected chi connectivity index (χ4v) is 5.72. The average Bonchev–Trinajstić information content (AvgIpc) is 3.33. The molecule has 0 unspecified atom stereocenters. The number of amidine groups is 3. The van der Waals surface area contributed by atoms with Gasteiger partial charge in [0.25, 0.3) is 5.91 Å². The number of amides is 1. The Labute approximate surface area is 230 Å². The highest BCUT2D eigenvalue weighted by molar-refractivity contribution is 8.18. The summed E-state index contributed by atoms with van der Waals surface area (Å²) in [6.07, 6.45) is 1.68. The van der Waals surface area contributed by atoms with Crippen molar-refractivity contribution < 1.29 is 14.3 Å². The molecule has 9 heteroatoms. The maximum Gasteiger partial charge on any atom is 0.283 e. The van der Waals surface area contributed by atoms with Gasteiger partial charge in [-0.1, -0.05) is 71.9 Å². The maximum absolute atomic E-state index is 12.7. The van der Waals surface area contributed by atoms with Gasteiger partial charge >= 0.3 is 0 Å². The van der Waals surface area contributed by atoms with Gasteiger partial charge in [-0.05, 0) is 54.8 Å². The van der Waals surface area contributed by atoms with Gasteiger partial charge in [-0.25, -0.2) is 4.90 Å². The van der Waals surface area contributed by atoms with Crippen LogP contribution in [0.4, 0.5) is 0 Å². The van der Waals surface area contributed by atoms with Gasteiger partial charge in [0, 0.05) is 5.75 Å². The third-order valence-electron chi connectivity index (χ3n) is 5.84. The lowest BCUT2D eigenvalue weighted by molar-refractivity contribution is -0.114. The van der Waals surface area contributed by atoms with Crippen molar-refractivity contribution in [1.29, 1.82) is 5.41 Å². The first-order valence-electron chi connectivity index (χ1n) is 12.1. The van der Waals surface area contributed by atoms with Gasteiger partial charge in [-0.3, -0.25) is 10.2 Å². The van der Waals surface area contributed by atoms with Crippen LogP contribution in [0.25, 0.3) is 6.08 Å². The lowest BCUT2D eigenvalue weighted by atomic mass is 10.1. The third kappa shape index (κ3) is 6.00. The number of nitrogens with one attached hydrogen (secondary N) is 1. The molecule has 0 spiro atoms. The molecule has 0 aliphatic carbocycles. The number of carbonyl (C=O) groups excluding carboxylic acids is 1. The van der Waals surface area contributed by atoms with Crippen molar-refractivity contribution in [1.82, 2.24) is 4.90 Å². The lowest BCUT2D eigenvalue weighted by Crippen LogP contribution is -2.41. The minimum absolute atomic E-state index is 0.0770. The second-order valence-electron chi connectivity index (χ2n) is 8.72. The first-order chi connectivity index (χ1) is 18.5. The summed E-state index contributed by atoms with van der Waals surface area (Å²) >= 11 is 2.64. The van der Waals surface area contributed by atoms with Gasteiger partial charge in [0.05, 0.1) is 17.5 Å². The zero-order valence-corrected chi connectivity index (χ0v) is 22.6. The summed E-state index contributed by atoms with van der Waals surface area (Å²) in [7, 11) is 0. The van der Waals surface area contributed by atoms with Crippen LogP contribution in [0.5, 0.6) is 11.5 Å². The number of rotatable bonds is 8. The van der Waals surface area contributed by atoms with E-state index in [0.29, 0.717) is 35.1 Å². The molecular weight excluding hydrogens is 516 g/mol. The molecule has 2 heterocycles. The number of nitrogens with zero attached hydrogens (tertiary/aromatic N) is 3. The van der Waals surface area contributed by atoms with Gasteiger partial charge in [0.15, 0.2) is 5.17 Å². The van der Waals surface area contributed by atoms with E-state index in [4.69, 9.17) is 14.9 Å². The van der Waals surface area contributed by atoms with Gasteiger partial charge in [0.1, 0.15) is 30.5 Å². The highest BCUT2D eigenvalue weighted by Gasteiger charge is 2.37. The Balaban J connectivity index is 1.19. The Bertz CT molecular complexity index is 1450. The molecule has 0 saturated heterocycles. The van der Waals surface area contributed by atoms with Crippen molar-refractivity contribution in [2.45, 2.75) is 19.6 Å². The summed E-state index contributed by atoms with van der Waals surface area (Å²) in [4.78, 5) is 18.5. The number of aryl methyl sites for hydroxylation is 2. The fourth-order valence-electron chi connectivity index (χ4n) is 3.92. The number of fused-ring (bicyclic) bond motifs is 1. The van der Waals surface area contributed by atoms with Crippen LogP contribution in [0.15, 0.2) is 87.8 Å². The molecule has 192 valence electrons. The first-order valence-corrected chi connectivity index (χ1v) is 13.8. The van der Waals surface area contributed by atoms with Crippen molar-refractivity contribution in [3.8, 4) is 11.5 Å². The van der Waals surface area contributed by atoms with E-state index in [-0.39, 0.29) is 11.4 Å². The van der Waals surface area contributed by atoms with Crippen molar-refractivity contribution in [2.75, 3.05) is 13.2 Å². The number of benzene rings is 3. The molecule has 0 aromatic heterocycles. The molecule has 2 aliphatic heterocycles. The fraction of sp³-hybridized carbons (Fsp3) is 0.172. The van der Waals surface area contributed by atoms with Crippen LogP contribution in [0, 0.1) is 19.3 Å². The average molecular weight is 543 g/mol. The van der Waals surface area contributed by atoms with E-state index in [1.165, 1.54) is 17.3 Å². The largest absolute Gasteiger partial charge is 0.490 e. The standard InChI is InChI=1S/C29H26N4O3S2/c1-19-8-13-25(20(2)16-19)36-15-14-35-23-11-9-21(10-12-23)17-24-26(30)33-28(31-27(24)34)38-32-29(33)37-18-22-6-4-3-5-7-22/h3-13,16-17,30H,14-15,18H2,1-2H3/b24-17-,30-26?.